The summed E-state index contributed by atoms with van der Waals surface area (Å²) in [6.07, 6.45) is 5.23. The topological polar surface area (TPSA) is 68.4 Å². The summed E-state index contributed by atoms with van der Waals surface area (Å²) in [4.78, 5) is 4.42. The first kappa shape index (κ1) is 16.5. The molecule has 1 aromatic heterocycles. The molecule has 3 fully saturated rings. The number of quaternary nitrogens is 1. The number of nitrogens with zero attached hydrogens (tertiary/aromatic N) is 2. The molecule has 25 heavy (non-hydrogen) atoms. The molecular formula is C20H26N3O2+. The highest BCUT2D eigenvalue weighted by molar-refractivity contribution is 5.83. The van der Waals surface area contributed by atoms with E-state index in [0.717, 1.165) is 48.1 Å². The standard InChI is InChI=1S/C20H26N3O2/c1-3-13-12-23(21)9-7-14(13)10-19(23)20(24)16-6-8-22-18-5-4-15(25-2)11-17(16)18/h3-6,8,11,13-14,19-20,24H,1,7,9-10,12,21H2,2H3/q+1. The summed E-state index contributed by atoms with van der Waals surface area (Å²) in [5, 5.41) is 12.2. The maximum Gasteiger partial charge on any atom is 0.137 e. The van der Waals surface area contributed by atoms with Gasteiger partial charge in [-0.1, -0.05) is 6.08 Å². The second-order valence-electron chi connectivity index (χ2n) is 7.49. The van der Waals surface area contributed by atoms with Crippen LogP contribution < -0.4 is 10.6 Å². The average Bonchev–Trinajstić information content (AvgIpc) is 2.66. The van der Waals surface area contributed by atoms with Crippen LogP contribution in [0.2, 0.25) is 0 Å². The molecule has 132 valence electrons. The van der Waals surface area contributed by atoms with E-state index in [9.17, 15) is 5.11 Å². The summed E-state index contributed by atoms with van der Waals surface area (Å²) >= 11 is 0. The Morgan fingerprint density at radius 1 is 1.44 bits per heavy atom. The Morgan fingerprint density at radius 2 is 2.28 bits per heavy atom. The highest BCUT2D eigenvalue weighted by Gasteiger charge is 2.52. The Balaban J connectivity index is 1.73. The third kappa shape index (κ3) is 2.63. The van der Waals surface area contributed by atoms with Crippen molar-refractivity contribution >= 4 is 10.9 Å². The predicted octanol–water partition coefficient (Wildman–Crippen LogP) is 2.56. The third-order valence-electron chi connectivity index (χ3n) is 6.25. The lowest BCUT2D eigenvalue weighted by Gasteiger charge is -2.54. The number of nitrogens with two attached hydrogens (primary N) is 1. The van der Waals surface area contributed by atoms with E-state index in [1.807, 2.05) is 30.3 Å². The molecule has 1 aromatic carbocycles. The minimum atomic E-state index is -0.615. The molecule has 5 nitrogen and oxygen atoms in total. The number of aliphatic hydroxyl groups excluding tert-OH is 1. The van der Waals surface area contributed by atoms with Gasteiger partial charge in [-0.25, -0.2) is 4.59 Å². The van der Waals surface area contributed by atoms with Crippen molar-refractivity contribution < 1.29 is 14.4 Å². The highest BCUT2D eigenvalue weighted by Crippen LogP contribution is 2.44. The fourth-order valence-corrected chi connectivity index (χ4v) is 4.78. The number of fused-ring (bicyclic) bond motifs is 4. The maximum atomic E-state index is 11.3. The van der Waals surface area contributed by atoms with E-state index in [2.05, 4.69) is 11.6 Å². The van der Waals surface area contributed by atoms with E-state index >= 15 is 0 Å². The molecule has 0 saturated carbocycles. The lowest BCUT2D eigenvalue weighted by Crippen LogP contribution is -2.71. The minimum absolute atomic E-state index is 0.00625. The average molecular weight is 340 g/mol. The van der Waals surface area contributed by atoms with E-state index in [-0.39, 0.29) is 6.04 Å². The lowest BCUT2D eigenvalue weighted by atomic mass is 9.72. The molecule has 0 spiro atoms. The first-order valence-corrected chi connectivity index (χ1v) is 8.94. The fourth-order valence-electron chi connectivity index (χ4n) is 4.78. The molecule has 5 unspecified atom stereocenters. The van der Waals surface area contributed by atoms with Crippen molar-refractivity contribution in [3.05, 3.63) is 48.7 Å². The molecule has 2 bridgehead atoms. The smallest absolute Gasteiger partial charge is 0.137 e. The molecule has 4 heterocycles. The molecule has 5 atom stereocenters. The number of hydrogen-bond acceptors (Lipinski definition) is 4. The van der Waals surface area contributed by atoms with Gasteiger partial charge in [-0.15, -0.1) is 6.58 Å². The fraction of sp³-hybridized carbons (Fsp3) is 0.450. The molecule has 5 rings (SSSR count). The largest absolute Gasteiger partial charge is 0.497 e. The number of benzene rings is 1. The Labute approximate surface area is 148 Å². The van der Waals surface area contributed by atoms with E-state index in [1.165, 1.54) is 0 Å². The number of aliphatic hydroxyl groups is 1. The number of rotatable bonds is 4. The number of methoxy groups -OCH3 is 1. The molecule has 5 heteroatoms. The van der Waals surface area contributed by atoms with Crippen molar-refractivity contribution in [2.75, 3.05) is 20.2 Å². The van der Waals surface area contributed by atoms with Crippen LogP contribution in [0.3, 0.4) is 0 Å². The first-order valence-electron chi connectivity index (χ1n) is 8.94. The minimum Gasteiger partial charge on any atom is -0.497 e. The second-order valence-corrected chi connectivity index (χ2v) is 7.49. The predicted molar refractivity (Wildman–Crippen MR) is 97.6 cm³/mol. The van der Waals surface area contributed by atoms with Crippen molar-refractivity contribution in [1.29, 1.82) is 0 Å². The quantitative estimate of drug-likeness (QED) is 0.510. The molecule has 2 aromatic rings. The lowest BCUT2D eigenvalue weighted by molar-refractivity contribution is -0.984. The zero-order valence-corrected chi connectivity index (χ0v) is 14.6. The van der Waals surface area contributed by atoms with Gasteiger partial charge in [0.1, 0.15) is 24.4 Å². The molecule has 3 aliphatic rings. The summed E-state index contributed by atoms with van der Waals surface area (Å²) in [5.41, 5.74) is 1.75. The van der Waals surface area contributed by atoms with E-state index < -0.39 is 6.10 Å². The Bertz CT molecular complexity index is 809. The maximum absolute atomic E-state index is 11.3. The number of pyridine rings is 1. The zero-order valence-electron chi connectivity index (χ0n) is 14.6. The summed E-state index contributed by atoms with van der Waals surface area (Å²) < 4.78 is 5.78. The van der Waals surface area contributed by atoms with Gasteiger partial charge >= 0.3 is 0 Å². The van der Waals surface area contributed by atoms with Gasteiger partial charge in [0.05, 0.1) is 19.2 Å². The van der Waals surface area contributed by atoms with Crippen LogP contribution in [0.15, 0.2) is 43.1 Å². The summed E-state index contributed by atoms with van der Waals surface area (Å²) in [6, 6.07) is 7.69. The molecule has 0 radical (unpaired) electrons. The van der Waals surface area contributed by atoms with Crippen LogP contribution in [0.25, 0.3) is 10.9 Å². The SMILES string of the molecule is C=CC1C[N+]2(N)CCC1CC2C(O)c1ccnc2ccc(OC)cc12. The van der Waals surface area contributed by atoms with Gasteiger partial charge in [-0.05, 0) is 35.7 Å². The van der Waals surface area contributed by atoms with Crippen molar-refractivity contribution in [3.63, 3.8) is 0 Å². The van der Waals surface area contributed by atoms with Crippen molar-refractivity contribution in [2.45, 2.75) is 25.0 Å². The summed E-state index contributed by atoms with van der Waals surface area (Å²) in [6.45, 7) is 5.76. The highest BCUT2D eigenvalue weighted by atomic mass is 16.5. The van der Waals surface area contributed by atoms with Gasteiger partial charge in [-0.2, -0.15) is 5.84 Å². The van der Waals surface area contributed by atoms with Gasteiger partial charge in [-0.3, -0.25) is 4.98 Å². The third-order valence-corrected chi connectivity index (χ3v) is 6.25. The van der Waals surface area contributed by atoms with Crippen LogP contribution in [0, 0.1) is 11.8 Å². The number of ether oxygens (including phenoxy) is 1. The Hall–Kier alpha value is -1.95. The van der Waals surface area contributed by atoms with Crippen LogP contribution in [-0.2, 0) is 0 Å². The van der Waals surface area contributed by atoms with Gasteiger partial charge in [0.2, 0.25) is 0 Å². The van der Waals surface area contributed by atoms with Crippen LogP contribution in [-0.4, -0.2) is 40.9 Å². The summed E-state index contributed by atoms with van der Waals surface area (Å²) in [5.74, 6) is 8.53. The van der Waals surface area contributed by atoms with Crippen molar-refractivity contribution in [1.82, 2.24) is 4.98 Å². The van der Waals surface area contributed by atoms with Crippen LogP contribution in [0.1, 0.15) is 24.5 Å². The van der Waals surface area contributed by atoms with Crippen molar-refractivity contribution in [3.8, 4) is 5.75 Å². The van der Waals surface area contributed by atoms with E-state index in [0.29, 0.717) is 16.4 Å². The molecule has 0 aliphatic carbocycles. The van der Waals surface area contributed by atoms with E-state index in [4.69, 9.17) is 10.6 Å². The number of aromatic nitrogens is 1. The van der Waals surface area contributed by atoms with E-state index in [1.54, 1.807) is 13.3 Å². The van der Waals surface area contributed by atoms with Crippen LogP contribution >= 0.6 is 0 Å². The Morgan fingerprint density at radius 3 is 3.00 bits per heavy atom. The molecule has 0 amide bonds. The van der Waals surface area contributed by atoms with Crippen LogP contribution in [0.5, 0.6) is 5.75 Å². The normalized spacial score (nSPS) is 32.5. The second kappa shape index (κ2) is 6.09. The molecule has 3 N–H and O–H groups in total. The summed E-state index contributed by atoms with van der Waals surface area (Å²) in [7, 11) is 1.65. The first-order chi connectivity index (χ1) is 12.1. The molecule has 3 saturated heterocycles. The number of piperidine rings is 3. The van der Waals surface area contributed by atoms with Gasteiger partial charge in [0.15, 0.2) is 0 Å². The van der Waals surface area contributed by atoms with Gasteiger partial charge in [0, 0.05) is 30.3 Å². The van der Waals surface area contributed by atoms with Crippen molar-refractivity contribution in [2.24, 2.45) is 17.7 Å². The number of hydrogen-bond donors (Lipinski definition) is 2. The monoisotopic (exact) mass is 340 g/mol. The molecular weight excluding hydrogens is 314 g/mol. The zero-order chi connectivity index (χ0) is 17.6. The van der Waals surface area contributed by atoms with Gasteiger partial charge < -0.3 is 9.84 Å². The van der Waals surface area contributed by atoms with Crippen LogP contribution in [0.4, 0.5) is 0 Å². The molecule has 3 aliphatic heterocycles. The van der Waals surface area contributed by atoms with Gasteiger partial charge in [0.25, 0.3) is 0 Å². The Kier molecular flexibility index (Phi) is 4.02.